The third kappa shape index (κ3) is 2.45. The maximum Gasteiger partial charge on any atom is 0.168 e. The minimum absolute atomic E-state index is 0.0282. The number of hydrogen-bond acceptors (Lipinski definition) is 3. The number of rotatable bonds is 4. The maximum atomic E-state index is 11.7. The Morgan fingerprint density at radius 1 is 0.895 bits per heavy atom. The van der Waals surface area contributed by atoms with Crippen LogP contribution in [0.1, 0.15) is 17.3 Å². The van der Waals surface area contributed by atoms with Gasteiger partial charge in [0.15, 0.2) is 17.3 Å². The third-order valence-electron chi connectivity index (χ3n) is 3.00. The lowest BCUT2D eigenvalue weighted by atomic mass is 9.96. The summed E-state index contributed by atoms with van der Waals surface area (Å²) >= 11 is 0. The van der Waals surface area contributed by atoms with Crippen LogP contribution in [-0.2, 0) is 0 Å². The fourth-order valence-electron chi connectivity index (χ4n) is 2.12. The number of methoxy groups -OCH3 is 2. The van der Waals surface area contributed by atoms with Crippen LogP contribution in [0.25, 0.3) is 11.1 Å². The molecular formula is C16H16O3. The molecule has 0 atom stereocenters. The number of Topliss-reactive ketones (excluding diaryl/α,β-unsaturated/α-hetero) is 1. The summed E-state index contributed by atoms with van der Waals surface area (Å²) in [5.41, 5.74) is 2.38. The van der Waals surface area contributed by atoms with Crippen LogP contribution < -0.4 is 9.47 Å². The topological polar surface area (TPSA) is 35.5 Å². The van der Waals surface area contributed by atoms with Crippen LogP contribution in [0.2, 0.25) is 0 Å². The molecule has 0 spiro atoms. The van der Waals surface area contributed by atoms with Crippen LogP contribution >= 0.6 is 0 Å². The number of benzene rings is 2. The molecular weight excluding hydrogens is 240 g/mol. The summed E-state index contributed by atoms with van der Waals surface area (Å²) in [7, 11) is 3.19. The van der Waals surface area contributed by atoms with E-state index in [4.69, 9.17) is 9.47 Å². The van der Waals surface area contributed by atoms with Crippen molar-refractivity contribution < 1.29 is 14.3 Å². The van der Waals surface area contributed by atoms with Crippen LogP contribution in [0.5, 0.6) is 11.5 Å². The monoisotopic (exact) mass is 256 g/mol. The van der Waals surface area contributed by atoms with E-state index >= 15 is 0 Å². The van der Waals surface area contributed by atoms with Crippen molar-refractivity contribution >= 4 is 5.78 Å². The predicted molar refractivity (Wildman–Crippen MR) is 75.0 cm³/mol. The van der Waals surface area contributed by atoms with Gasteiger partial charge in [0.1, 0.15) is 0 Å². The predicted octanol–water partition coefficient (Wildman–Crippen LogP) is 3.57. The molecule has 0 fully saturated rings. The van der Waals surface area contributed by atoms with Crippen molar-refractivity contribution in [1.29, 1.82) is 0 Å². The molecule has 0 aliphatic carbocycles. The van der Waals surface area contributed by atoms with E-state index in [0.717, 1.165) is 11.1 Å². The quantitative estimate of drug-likeness (QED) is 0.784. The SMILES string of the molecule is COc1cccc(-c2ccccc2C(C)=O)c1OC. The number of ether oxygens (including phenoxy) is 2. The summed E-state index contributed by atoms with van der Waals surface area (Å²) in [5, 5.41) is 0. The van der Waals surface area contributed by atoms with Crippen molar-refractivity contribution in [2.75, 3.05) is 14.2 Å². The lowest BCUT2D eigenvalue weighted by molar-refractivity contribution is 0.101. The second-order valence-electron chi connectivity index (χ2n) is 4.14. The van der Waals surface area contributed by atoms with Crippen molar-refractivity contribution in [3.8, 4) is 22.6 Å². The van der Waals surface area contributed by atoms with E-state index in [9.17, 15) is 4.79 Å². The van der Waals surface area contributed by atoms with E-state index in [0.29, 0.717) is 17.1 Å². The van der Waals surface area contributed by atoms with Gasteiger partial charge in [-0.1, -0.05) is 36.4 Å². The standard InChI is InChI=1S/C16H16O3/c1-11(17)12-7-4-5-8-13(12)14-9-6-10-15(18-2)16(14)19-3/h4-10H,1-3H3. The van der Waals surface area contributed by atoms with E-state index in [-0.39, 0.29) is 5.78 Å². The van der Waals surface area contributed by atoms with Gasteiger partial charge in [0.25, 0.3) is 0 Å². The van der Waals surface area contributed by atoms with E-state index in [1.54, 1.807) is 21.1 Å². The average molecular weight is 256 g/mol. The van der Waals surface area contributed by atoms with Gasteiger partial charge in [-0.2, -0.15) is 0 Å². The third-order valence-corrected chi connectivity index (χ3v) is 3.00. The smallest absolute Gasteiger partial charge is 0.168 e. The van der Waals surface area contributed by atoms with Gasteiger partial charge in [0, 0.05) is 11.1 Å². The Morgan fingerprint density at radius 3 is 2.21 bits per heavy atom. The zero-order chi connectivity index (χ0) is 13.8. The van der Waals surface area contributed by atoms with Crippen molar-refractivity contribution in [3.63, 3.8) is 0 Å². The molecule has 3 heteroatoms. The van der Waals surface area contributed by atoms with Gasteiger partial charge in [-0.15, -0.1) is 0 Å². The molecule has 0 unspecified atom stereocenters. The Bertz CT molecular complexity index is 603. The molecule has 98 valence electrons. The summed E-state index contributed by atoms with van der Waals surface area (Å²) in [6.45, 7) is 1.56. The molecule has 2 aromatic rings. The Labute approximate surface area is 112 Å². The maximum absolute atomic E-state index is 11.7. The van der Waals surface area contributed by atoms with E-state index in [1.165, 1.54) is 0 Å². The normalized spacial score (nSPS) is 10.1. The summed E-state index contributed by atoms with van der Waals surface area (Å²) in [4.78, 5) is 11.7. The molecule has 0 amide bonds. The lowest BCUT2D eigenvalue weighted by Gasteiger charge is -2.14. The van der Waals surface area contributed by atoms with Gasteiger partial charge in [0.05, 0.1) is 14.2 Å². The second-order valence-corrected chi connectivity index (χ2v) is 4.14. The largest absolute Gasteiger partial charge is 0.493 e. The Balaban J connectivity index is 2.69. The summed E-state index contributed by atoms with van der Waals surface area (Å²) < 4.78 is 10.7. The summed E-state index contributed by atoms with van der Waals surface area (Å²) in [6.07, 6.45) is 0. The second kappa shape index (κ2) is 5.57. The molecule has 2 rings (SSSR count). The lowest BCUT2D eigenvalue weighted by Crippen LogP contribution is -1.98. The van der Waals surface area contributed by atoms with Crippen molar-refractivity contribution in [1.82, 2.24) is 0 Å². The molecule has 19 heavy (non-hydrogen) atoms. The van der Waals surface area contributed by atoms with Crippen LogP contribution in [0.4, 0.5) is 0 Å². The first kappa shape index (κ1) is 13.1. The van der Waals surface area contributed by atoms with Gasteiger partial charge in [0.2, 0.25) is 0 Å². The van der Waals surface area contributed by atoms with E-state index in [1.807, 2.05) is 42.5 Å². The fourth-order valence-corrected chi connectivity index (χ4v) is 2.12. The first-order valence-electron chi connectivity index (χ1n) is 6.00. The van der Waals surface area contributed by atoms with E-state index < -0.39 is 0 Å². The van der Waals surface area contributed by atoms with E-state index in [2.05, 4.69) is 0 Å². The summed E-state index contributed by atoms with van der Waals surface area (Å²) in [6, 6.07) is 13.1. The highest BCUT2D eigenvalue weighted by molar-refractivity contribution is 6.01. The number of para-hydroxylation sites is 1. The fraction of sp³-hybridized carbons (Fsp3) is 0.188. The zero-order valence-corrected chi connectivity index (χ0v) is 11.3. The van der Waals surface area contributed by atoms with Crippen molar-refractivity contribution in [2.45, 2.75) is 6.92 Å². The van der Waals surface area contributed by atoms with Crippen molar-refractivity contribution in [2.24, 2.45) is 0 Å². The number of ketones is 1. The van der Waals surface area contributed by atoms with Crippen LogP contribution in [0, 0.1) is 0 Å². The van der Waals surface area contributed by atoms with Crippen molar-refractivity contribution in [3.05, 3.63) is 48.0 Å². The van der Waals surface area contributed by atoms with Gasteiger partial charge < -0.3 is 9.47 Å². The van der Waals surface area contributed by atoms with Gasteiger partial charge in [-0.05, 0) is 18.6 Å². The highest BCUT2D eigenvalue weighted by Gasteiger charge is 2.15. The molecule has 0 bridgehead atoms. The molecule has 0 radical (unpaired) electrons. The first-order valence-corrected chi connectivity index (χ1v) is 6.00. The Hall–Kier alpha value is -2.29. The number of carbonyl (C=O) groups excluding carboxylic acids is 1. The number of hydrogen-bond donors (Lipinski definition) is 0. The number of carbonyl (C=O) groups is 1. The van der Waals surface area contributed by atoms with Gasteiger partial charge in [-0.3, -0.25) is 4.79 Å². The average Bonchev–Trinajstić information content (AvgIpc) is 2.46. The van der Waals surface area contributed by atoms with Crippen LogP contribution in [0.3, 0.4) is 0 Å². The minimum atomic E-state index is 0.0282. The molecule has 0 heterocycles. The minimum Gasteiger partial charge on any atom is -0.493 e. The summed E-state index contributed by atoms with van der Waals surface area (Å²) in [5.74, 6) is 1.32. The highest BCUT2D eigenvalue weighted by Crippen LogP contribution is 2.39. The zero-order valence-electron chi connectivity index (χ0n) is 11.3. The van der Waals surface area contributed by atoms with Gasteiger partial charge in [-0.25, -0.2) is 0 Å². The molecule has 0 aromatic heterocycles. The molecule has 3 nitrogen and oxygen atoms in total. The molecule has 2 aromatic carbocycles. The molecule has 0 aliphatic rings. The molecule has 0 N–H and O–H groups in total. The molecule has 0 aliphatic heterocycles. The van der Waals surface area contributed by atoms with Gasteiger partial charge >= 0.3 is 0 Å². The Kier molecular flexibility index (Phi) is 3.85. The van der Waals surface area contributed by atoms with Crippen LogP contribution in [0.15, 0.2) is 42.5 Å². The Morgan fingerprint density at radius 2 is 1.58 bits per heavy atom. The molecule has 0 saturated heterocycles. The first-order chi connectivity index (χ1) is 9.19. The van der Waals surface area contributed by atoms with Crippen LogP contribution in [-0.4, -0.2) is 20.0 Å². The molecule has 0 saturated carbocycles. The highest BCUT2D eigenvalue weighted by atomic mass is 16.5.